The number of furan rings is 2. The second-order valence-electron chi connectivity index (χ2n) is 14.6. The fourth-order valence-electron chi connectivity index (χ4n) is 8.66. The van der Waals surface area contributed by atoms with Gasteiger partial charge in [-0.3, -0.25) is 0 Å². The molecule has 4 aromatic heterocycles. The van der Waals surface area contributed by atoms with Crippen LogP contribution in [0.4, 0.5) is 0 Å². The molecule has 0 fully saturated rings. The van der Waals surface area contributed by atoms with Crippen LogP contribution < -0.4 is 0 Å². The molecule has 0 atom stereocenters. The van der Waals surface area contributed by atoms with Crippen LogP contribution in [0.1, 0.15) is 0 Å². The van der Waals surface area contributed by atoms with Gasteiger partial charge in [0.1, 0.15) is 22.3 Å². The van der Waals surface area contributed by atoms with Crippen molar-refractivity contribution in [1.82, 2.24) is 15.0 Å². The molecule has 8 aromatic carbocycles. The first-order chi connectivity index (χ1) is 28.8. The molecular formula is C53H31N3O2. The summed E-state index contributed by atoms with van der Waals surface area (Å²) >= 11 is 0. The molecule has 12 rings (SSSR count). The van der Waals surface area contributed by atoms with Gasteiger partial charge in [-0.05, 0) is 42.0 Å². The van der Waals surface area contributed by atoms with Crippen LogP contribution in [0.3, 0.4) is 0 Å². The number of pyridine rings is 1. The second-order valence-corrected chi connectivity index (χ2v) is 14.6. The summed E-state index contributed by atoms with van der Waals surface area (Å²) in [5.41, 5.74) is 12.5. The van der Waals surface area contributed by atoms with Crippen molar-refractivity contribution in [2.45, 2.75) is 0 Å². The fourth-order valence-corrected chi connectivity index (χ4v) is 8.66. The van der Waals surface area contributed by atoms with Crippen LogP contribution >= 0.6 is 0 Å². The molecule has 4 heterocycles. The molecule has 58 heavy (non-hydrogen) atoms. The highest BCUT2D eigenvalue weighted by Gasteiger charge is 2.25. The van der Waals surface area contributed by atoms with Crippen molar-refractivity contribution in [3.8, 4) is 56.3 Å². The van der Waals surface area contributed by atoms with Gasteiger partial charge in [-0.1, -0.05) is 152 Å². The largest absolute Gasteiger partial charge is 0.455 e. The van der Waals surface area contributed by atoms with E-state index in [1.807, 2.05) is 72.8 Å². The molecule has 0 unspecified atom stereocenters. The van der Waals surface area contributed by atoms with Crippen LogP contribution in [0.5, 0.6) is 0 Å². The van der Waals surface area contributed by atoms with E-state index in [2.05, 4.69) is 115 Å². The van der Waals surface area contributed by atoms with E-state index in [9.17, 15) is 0 Å². The van der Waals surface area contributed by atoms with Crippen LogP contribution in [-0.4, -0.2) is 15.0 Å². The SMILES string of the molecule is c1ccc(-c2cc(-c3ccc(-c4cc5c(-c6ccccc6)nc6ccccc6c5c5c4oc4ccccc45)c4c3oc3ccccc34)nc(-c3ccccc3)n2)cc1. The predicted octanol–water partition coefficient (Wildman–Crippen LogP) is 14.3. The zero-order valence-electron chi connectivity index (χ0n) is 31.1. The van der Waals surface area contributed by atoms with Gasteiger partial charge in [0.05, 0.1) is 22.6 Å². The van der Waals surface area contributed by atoms with Crippen molar-refractivity contribution in [2.24, 2.45) is 0 Å². The summed E-state index contributed by atoms with van der Waals surface area (Å²) in [6.45, 7) is 0. The van der Waals surface area contributed by atoms with Crippen molar-refractivity contribution < 1.29 is 8.83 Å². The van der Waals surface area contributed by atoms with Crippen molar-refractivity contribution in [2.75, 3.05) is 0 Å². The van der Waals surface area contributed by atoms with Gasteiger partial charge in [0, 0.05) is 65.5 Å². The molecule has 270 valence electrons. The van der Waals surface area contributed by atoms with E-state index in [-0.39, 0.29) is 0 Å². The lowest BCUT2D eigenvalue weighted by atomic mass is 9.90. The summed E-state index contributed by atoms with van der Waals surface area (Å²) in [7, 11) is 0. The molecule has 0 bridgehead atoms. The minimum absolute atomic E-state index is 0.650. The number of nitrogens with zero attached hydrogens (tertiary/aromatic N) is 3. The zero-order valence-corrected chi connectivity index (χ0v) is 31.1. The number of rotatable bonds is 5. The Labute approximate surface area is 332 Å². The molecule has 5 heteroatoms. The normalized spacial score (nSPS) is 11.8. The van der Waals surface area contributed by atoms with Crippen molar-refractivity contribution >= 4 is 65.6 Å². The smallest absolute Gasteiger partial charge is 0.160 e. The molecule has 0 spiro atoms. The minimum Gasteiger partial charge on any atom is -0.455 e. The fraction of sp³-hybridized carbons (Fsp3) is 0. The van der Waals surface area contributed by atoms with Crippen LogP contribution in [0.25, 0.3) is 122 Å². The highest BCUT2D eigenvalue weighted by Crippen LogP contribution is 2.49. The molecule has 0 aliphatic carbocycles. The second kappa shape index (κ2) is 12.8. The van der Waals surface area contributed by atoms with Crippen LogP contribution in [-0.2, 0) is 0 Å². The molecular weight excluding hydrogens is 711 g/mol. The van der Waals surface area contributed by atoms with E-state index in [0.29, 0.717) is 5.82 Å². The maximum absolute atomic E-state index is 6.95. The van der Waals surface area contributed by atoms with Gasteiger partial charge in [0.25, 0.3) is 0 Å². The Bertz CT molecular complexity index is 3500. The Morgan fingerprint density at radius 2 is 0.862 bits per heavy atom. The number of para-hydroxylation sites is 3. The third-order valence-electron chi connectivity index (χ3n) is 11.3. The number of hydrogen-bond donors (Lipinski definition) is 0. The van der Waals surface area contributed by atoms with E-state index in [0.717, 1.165) is 116 Å². The van der Waals surface area contributed by atoms with E-state index in [1.54, 1.807) is 0 Å². The van der Waals surface area contributed by atoms with Crippen molar-refractivity contribution in [3.63, 3.8) is 0 Å². The summed E-state index contributed by atoms with van der Waals surface area (Å²) in [5, 5.41) is 7.40. The summed E-state index contributed by atoms with van der Waals surface area (Å²) in [5.74, 6) is 0.650. The minimum atomic E-state index is 0.650. The molecule has 0 aliphatic heterocycles. The zero-order chi connectivity index (χ0) is 38.2. The van der Waals surface area contributed by atoms with Gasteiger partial charge in [-0.25, -0.2) is 15.0 Å². The first-order valence-electron chi connectivity index (χ1n) is 19.4. The van der Waals surface area contributed by atoms with Gasteiger partial charge < -0.3 is 8.83 Å². The molecule has 0 N–H and O–H groups in total. The van der Waals surface area contributed by atoms with Gasteiger partial charge in [0.2, 0.25) is 0 Å². The number of benzene rings is 8. The number of aromatic nitrogens is 3. The Morgan fingerprint density at radius 3 is 1.57 bits per heavy atom. The van der Waals surface area contributed by atoms with Crippen molar-refractivity contribution in [1.29, 1.82) is 0 Å². The lowest BCUT2D eigenvalue weighted by Gasteiger charge is -2.15. The van der Waals surface area contributed by atoms with E-state index in [4.69, 9.17) is 23.8 Å². The quantitative estimate of drug-likeness (QED) is 0.164. The lowest BCUT2D eigenvalue weighted by Crippen LogP contribution is -1.96. The van der Waals surface area contributed by atoms with Crippen LogP contribution in [0.15, 0.2) is 197 Å². The maximum Gasteiger partial charge on any atom is 0.160 e. The predicted molar refractivity (Wildman–Crippen MR) is 237 cm³/mol. The number of fused-ring (bicyclic) bond motifs is 10. The van der Waals surface area contributed by atoms with Gasteiger partial charge in [-0.15, -0.1) is 0 Å². The molecule has 0 saturated heterocycles. The first-order valence-corrected chi connectivity index (χ1v) is 19.4. The Hall–Kier alpha value is -7.89. The third-order valence-corrected chi connectivity index (χ3v) is 11.3. The third kappa shape index (κ3) is 5.00. The Morgan fingerprint density at radius 1 is 0.328 bits per heavy atom. The first kappa shape index (κ1) is 32.4. The van der Waals surface area contributed by atoms with E-state index < -0.39 is 0 Å². The van der Waals surface area contributed by atoms with E-state index in [1.165, 1.54) is 0 Å². The Balaban J connectivity index is 1.20. The van der Waals surface area contributed by atoms with Crippen molar-refractivity contribution in [3.05, 3.63) is 188 Å². The van der Waals surface area contributed by atoms with E-state index >= 15 is 0 Å². The molecule has 0 saturated carbocycles. The average molecular weight is 742 g/mol. The Kier molecular flexibility index (Phi) is 7.16. The van der Waals surface area contributed by atoms with Crippen LogP contribution in [0.2, 0.25) is 0 Å². The lowest BCUT2D eigenvalue weighted by molar-refractivity contribution is 0.669. The molecule has 5 nitrogen and oxygen atoms in total. The number of hydrogen-bond acceptors (Lipinski definition) is 5. The van der Waals surface area contributed by atoms with Gasteiger partial charge >= 0.3 is 0 Å². The summed E-state index contributed by atoms with van der Waals surface area (Å²) in [6.07, 6.45) is 0. The molecule has 12 aromatic rings. The highest BCUT2D eigenvalue weighted by molar-refractivity contribution is 6.32. The summed E-state index contributed by atoms with van der Waals surface area (Å²) < 4.78 is 13.8. The van der Waals surface area contributed by atoms with Gasteiger partial charge in [0.15, 0.2) is 5.82 Å². The maximum atomic E-state index is 6.95. The average Bonchev–Trinajstić information content (AvgIpc) is 3.89. The van der Waals surface area contributed by atoms with Crippen LogP contribution in [0, 0.1) is 0 Å². The molecule has 0 radical (unpaired) electrons. The highest BCUT2D eigenvalue weighted by atomic mass is 16.3. The summed E-state index contributed by atoms with van der Waals surface area (Å²) in [4.78, 5) is 15.6. The monoisotopic (exact) mass is 741 g/mol. The summed E-state index contributed by atoms with van der Waals surface area (Å²) in [6, 6.07) is 64.6. The molecule has 0 aliphatic rings. The standard InChI is InChI=1S/C53H31N3O2/c1-4-16-32(17-5-1)43-31-44(56-53(55-43)34-20-8-3-9-21-34)37-29-28-35(48-38-23-11-14-26-45(38)57-51(37)48)40-30-41-47(49-39-24-12-15-27-46(39)58-52(40)49)36-22-10-13-25-42(36)54-50(41)33-18-6-2-7-19-33/h1-31H. The molecule has 0 amide bonds. The topological polar surface area (TPSA) is 65.0 Å². The van der Waals surface area contributed by atoms with Gasteiger partial charge in [-0.2, -0.15) is 0 Å².